The normalized spacial score (nSPS) is 19.8. The first kappa shape index (κ1) is 12.3. The molecule has 0 saturated carbocycles. The van der Waals surface area contributed by atoms with Crippen LogP contribution in [0.2, 0.25) is 10.0 Å². The fourth-order valence-corrected chi connectivity index (χ4v) is 2.66. The Morgan fingerprint density at radius 2 is 2.06 bits per heavy atom. The van der Waals surface area contributed by atoms with Gasteiger partial charge in [-0.2, -0.15) is 0 Å². The number of halogens is 3. The van der Waals surface area contributed by atoms with Crippen molar-refractivity contribution in [1.82, 2.24) is 0 Å². The van der Waals surface area contributed by atoms with Crippen molar-refractivity contribution < 1.29 is 0 Å². The Morgan fingerprint density at radius 1 is 1.31 bits per heavy atom. The zero-order valence-electron chi connectivity index (χ0n) is 8.01. The monoisotopic (exact) mass is 331 g/mol. The van der Waals surface area contributed by atoms with E-state index in [4.69, 9.17) is 35.4 Å². The van der Waals surface area contributed by atoms with Crippen LogP contribution in [0.3, 0.4) is 0 Å². The second-order valence-corrected chi connectivity index (χ2v) is 5.55. The van der Waals surface area contributed by atoms with E-state index < -0.39 is 0 Å². The Labute approximate surface area is 118 Å². The number of rotatable bonds is 1. The largest absolute Gasteiger partial charge is 0.0843 e. The van der Waals surface area contributed by atoms with E-state index in [9.17, 15) is 0 Å². The molecule has 1 aromatic rings. The summed E-state index contributed by atoms with van der Waals surface area (Å²) in [6, 6.07) is 5.43. The van der Waals surface area contributed by atoms with E-state index in [-0.39, 0.29) is 5.92 Å². The molecule has 1 atom stereocenters. The number of hydrogen-bond donors (Lipinski definition) is 0. The van der Waals surface area contributed by atoms with Gasteiger partial charge in [-0.05, 0) is 29.8 Å². The molecule has 0 aromatic heterocycles. The molecule has 0 aliphatic heterocycles. The first-order valence-corrected chi connectivity index (χ1v) is 6.49. The van der Waals surface area contributed by atoms with Crippen molar-refractivity contribution in [2.45, 2.75) is 5.92 Å². The zero-order chi connectivity index (χ0) is 11.7. The summed E-state index contributed by atoms with van der Waals surface area (Å²) in [5.41, 5.74) is 0.952. The van der Waals surface area contributed by atoms with E-state index in [1.165, 1.54) is 0 Å². The molecule has 0 fully saturated rings. The first-order chi connectivity index (χ1) is 7.58. The van der Waals surface area contributed by atoms with E-state index in [0.717, 1.165) is 14.9 Å². The lowest BCUT2D eigenvalue weighted by Crippen LogP contribution is -2.09. The van der Waals surface area contributed by atoms with E-state index in [0.29, 0.717) is 10.0 Å². The van der Waals surface area contributed by atoms with Gasteiger partial charge in [0.25, 0.3) is 0 Å². The van der Waals surface area contributed by atoms with Gasteiger partial charge in [-0.15, -0.1) is 0 Å². The van der Waals surface area contributed by atoms with Crippen molar-refractivity contribution in [1.29, 1.82) is 0 Å². The van der Waals surface area contributed by atoms with Crippen LogP contribution in [0.15, 0.2) is 34.8 Å². The number of hydrogen-bond acceptors (Lipinski definition) is 1. The minimum absolute atomic E-state index is 0.0147. The molecule has 0 heterocycles. The summed E-state index contributed by atoms with van der Waals surface area (Å²) in [4.78, 5) is 0.729. The summed E-state index contributed by atoms with van der Waals surface area (Å²) in [6.45, 7) is 0. The molecular formula is C12H6BrCl2S. The highest BCUT2D eigenvalue weighted by molar-refractivity contribution is 9.11. The van der Waals surface area contributed by atoms with Gasteiger partial charge in [-0.3, -0.25) is 0 Å². The number of benzene rings is 1. The molecule has 1 aliphatic carbocycles. The highest BCUT2D eigenvalue weighted by Crippen LogP contribution is 2.33. The highest BCUT2D eigenvalue weighted by atomic mass is 79.9. The van der Waals surface area contributed by atoms with Crippen molar-refractivity contribution in [3.05, 3.63) is 56.5 Å². The Kier molecular flexibility index (Phi) is 3.85. The molecule has 0 N–H and O–H groups in total. The molecule has 0 spiro atoms. The van der Waals surface area contributed by atoms with Gasteiger partial charge in [-0.1, -0.05) is 63.5 Å². The smallest absolute Gasteiger partial charge is 0.0462 e. The molecule has 0 nitrogen and oxygen atoms in total. The van der Waals surface area contributed by atoms with Gasteiger partial charge in [0.2, 0.25) is 0 Å². The Balaban J connectivity index is 2.44. The molecule has 1 radical (unpaired) electrons. The fraction of sp³-hybridized carbons (Fsp3) is 0.0833. The van der Waals surface area contributed by atoms with E-state index >= 15 is 0 Å². The van der Waals surface area contributed by atoms with Crippen molar-refractivity contribution in [2.24, 2.45) is 0 Å². The second kappa shape index (κ2) is 5.01. The van der Waals surface area contributed by atoms with E-state index in [2.05, 4.69) is 22.0 Å². The molecule has 4 heteroatoms. The van der Waals surface area contributed by atoms with Gasteiger partial charge in [0, 0.05) is 25.3 Å². The Hall–Kier alpha value is -0.150. The van der Waals surface area contributed by atoms with Gasteiger partial charge in [0.15, 0.2) is 0 Å². The fourth-order valence-electron chi connectivity index (χ4n) is 1.50. The van der Waals surface area contributed by atoms with Crippen LogP contribution < -0.4 is 0 Å². The number of allylic oxidation sites excluding steroid dienone is 4. The van der Waals surface area contributed by atoms with Crippen LogP contribution in [0.4, 0.5) is 0 Å². The zero-order valence-corrected chi connectivity index (χ0v) is 11.9. The van der Waals surface area contributed by atoms with E-state index in [1.807, 2.05) is 24.3 Å². The summed E-state index contributed by atoms with van der Waals surface area (Å²) in [5.74, 6) is -0.0147. The standard InChI is InChI=1S/C12H6BrCl2S/c13-7-1-4-12(16)10(5-7)9-3-2-8(14)6-11(9)15/h1-3,5-6,10H. The minimum Gasteiger partial charge on any atom is -0.0843 e. The maximum Gasteiger partial charge on any atom is 0.0462 e. The van der Waals surface area contributed by atoms with Crippen molar-refractivity contribution in [2.75, 3.05) is 0 Å². The third-order valence-electron chi connectivity index (χ3n) is 2.26. The van der Waals surface area contributed by atoms with Gasteiger partial charge in [0.1, 0.15) is 0 Å². The van der Waals surface area contributed by atoms with Crippen LogP contribution in [-0.4, -0.2) is 4.86 Å². The van der Waals surface area contributed by atoms with Crippen LogP contribution in [0, 0.1) is 6.08 Å². The van der Waals surface area contributed by atoms with Crippen LogP contribution in [0.25, 0.3) is 0 Å². The van der Waals surface area contributed by atoms with Gasteiger partial charge >= 0.3 is 0 Å². The van der Waals surface area contributed by atoms with Gasteiger partial charge in [-0.25, -0.2) is 0 Å². The minimum atomic E-state index is -0.0147. The summed E-state index contributed by atoms with van der Waals surface area (Å²) >= 11 is 20.7. The molecule has 0 amide bonds. The van der Waals surface area contributed by atoms with Crippen LogP contribution >= 0.6 is 51.3 Å². The molecule has 0 saturated heterocycles. The molecule has 2 rings (SSSR count). The lowest BCUT2D eigenvalue weighted by Gasteiger charge is -2.17. The molecule has 0 bridgehead atoms. The summed E-state index contributed by atoms with van der Waals surface area (Å²) in [6.07, 6.45) is 6.84. The Morgan fingerprint density at radius 3 is 2.75 bits per heavy atom. The predicted molar refractivity (Wildman–Crippen MR) is 76.6 cm³/mol. The van der Waals surface area contributed by atoms with Crippen molar-refractivity contribution in [3.8, 4) is 0 Å². The quantitative estimate of drug-likeness (QED) is 0.645. The predicted octanol–water partition coefficient (Wildman–Crippen LogP) is 5.10. The maximum absolute atomic E-state index is 6.15. The summed E-state index contributed by atoms with van der Waals surface area (Å²) in [7, 11) is 0. The third-order valence-corrected chi connectivity index (χ3v) is 3.69. The average Bonchev–Trinajstić information content (AvgIpc) is 2.22. The molecule has 16 heavy (non-hydrogen) atoms. The topological polar surface area (TPSA) is 0 Å². The first-order valence-electron chi connectivity index (χ1n) is 4.54. The average molecular weight is 333 g/mol. The van der Waals surface area contributed by atoms with Crippen molar-refractivity contribution >= 4 is 56.2 Å². The third kappa shape index (κ3) is 2.57. The van der Waals surface area contributed by atoms with Crippen molar-refractivity contribution in [3.63, 3.8) is 0 Å². The van der Waals surface area contributed by atoms with Crippen LogP contribution in [-0.2, 0) is 0 Å². The molecule has 1 aromatic carbocycles. The summed E-state index contributed by atoms with van der Waals surface area (Å²) < 4.78 is 0.956. The molecular weight excluding hydrogens is 327 g/mol. The SMILES string of the molecule is S=C1[C]=CC(Br)=CC1c1ccc(Cl)cc1Cl. The van der Waals surface area contributed by atoms with Gasteiger partial charge in [0.05, 0.1) is 0 Å². The lowest BCUT2D eigenvalue weighted by molar-refractivity contribution is 1.15. The molecule has 1 aliphatic rings. The summed E-state index contributed by atoms with van der Waals surface area (Å²) in [5, 5.41) is 1.25. The second-order valence-electron chi connectivity index (χ2n) is 3.35. The maximum atomic E-state index is 6.15. The van der Waals surface area contributed by atoms with E-state index in [1.54, 1.807) is 6.07 Å². The van der Waals surface area contributed by atoms with Crippen LogP contribution in [0.5, 0.6) is 0 Å². The molecule has 1 unspecified atom stereocenters. The molecule has 81 valence electrons. The lowest BCUT2D eigenvalue weighted by atomic mass is 9.92. The highest BCUT2D eigenvalue weighted by Gasteiger charge is 2.19. The van der Waals surface area contributed by atoms with Gasteiger partial charge < -0.3 is 0 Å². The number of thiocarbonyl (C=S) groups is 1. The van der Waals surface area contributed by atoms with Crippen LogP contribution in [0.1, 0.15) is 11.5 Å². The Bertz CT molecular complexity index is 506.